The minimum absolute atomic E-state index is 0.0466. The highest BCUT2D eigenvalue weighted by atomic mass is 32.1. The van der Waals surface area contributed by atoms with E-state index in [0.717, 1.165) is 55.6 Å². The van der Waals surface area contributed by atoms with Crippen molar-refractivity contribution in [1.29, 1.82) is 0 Å². The summed E-state index contributed by atoms with van der Waals surface area (Å²) in [5.41, 5.74) is 2.37. The lowest BCUT2D eigenvalue weighted by Crippen LogP contribution is -2.35. The van der Waals surface area contributed by atoms with Gasteiger partial charge in [-0.25, -0.2) is 4.98 Å². The predicted molar refractivity (Wildman–Crippen MR) is 117 cm³/mol. The number of benzene rings is 2. The Labute approximate surface area is 187 Å². The Morgan fingerprint density at radius 3 is 2.59 bits per heavy atom. The maximum absolute atomic E-state index is 12.7. The van der Waals surface area contributed by atoms with Crippen LogP contribution in [0.2, 0.25) is 0 Å². The number of nitrogens with one attached hydrogen (secondary N) is 1. The number of carbonyl (C=O) groups is 1. The molecule has 2 aromatic carbocycles. The van der Waals surface area contributed by atoms with Gasteiger partial charge in [-0.05, 0) is 35.9 Å². The summed E-state index contributed by atoms with van der Waals surface area (Å²) >= 11 is 1.46. The van der Waals surface area contributed by atoms with E-state index in [4.69, 9.17) is 4.74 Å². The number of alkyl halides is 3. The monoisotopic (exact) mass is 461 g/mol. The van der Waals surface area contributed by atoms with E-state index in [1.165, 1.54) is 29.0 Å². The summed E-state index contributed by atoms with van der Waals surface area (Å²) < 4.78 is 43.4. The lowest BCUT2D eigenvalue weighted by Gasteiger charge is -2.26. The van der Waals surface area contributed by atoms with Crippen LogP contribution in [0.3, 0.4) is 0 Å². The number of hydrogen-bond acceptors (Lipinski definition) is 5. The maximum atomic E-state index is 12.7. The normalized spacial score (nSPS) is 15.0. The van der Waals surface area contributed by atoms with E-state index in [1.54, 1.807) is 0 Å². The quantitative estimate of drug-likeness (QED) is 0.571. The van der Waals surface area contributed by atoms with Crippen molar-refractivity contribution in [1.82, 2.24) is 9.88 Å². The molecule has 0 radical (unpaired) electrons. The van der Waals surface area contributed by atoms with Crippen LogP contribution in [0, 0.1) is 0 Å². The molecule has 32 heavy (non-hydrogen) atoms. The Hall–Kier alpha value is -2.75. The first-order chi connectivity index (χ1) is 15.4. The molecular weight excluding hydrogens is 439 g/mol. The van der Waals surface area contributed by atoms with E-state index in [2.05, 4.69) is 27.3 Å². The summed E-state index contributed by atoms with van der Waals surface area (Å²) in [6.07, 6.45) is -4.36. The van der Waals surface area contributed by atoms with Crippen LogP contribution >= 0.6 is 11.3 Å². The van der Waals surface area contributed by atoms with Crippen molar-refractivity contribution in [3.63, 3.8) is 0 Å². The summed E-state index contributed by atoms with van der Waals surface area (Å²) in [5, 5.41) is 5.27. The second-order valence-electron chi connectivity index (χ2n) is 7.53. The molecule has 1 N–H and O–H groups in total. The van der Waals surface area contributed by atoms with Gasteiger partial charge in [0.05, 0.1) is 30.9 Å². The van der Waals surface area contributed by atoms with E-state index in [1.807, 2.05) is 17.5 Å². The van der Waals surface area contributed by atoms with E-state index < -0.39 is 11.7 Å². The Bertz CT molecular complexity index is 1060. The van der Waals surface area contributed by atoms with Crippen LogP contribution in [0.15, 0.2) is 53.9 Å². The van der Waals surface area contributed by atoms with E-state index in [9.17, 15) is 18.0 Å². The molecule has 2 heterocycles. The van der Waals surface area contributed by atoms with Crippen molar-refractivity contribution >= 4 is 22.9 Å². The Kier molecular flexibility index (Phi) is 6.88. The van der Waals surface area contributed by atoms with Gasteiger partial charge in [-0.1, -0.05) is 18.2 Å². The number of morpholine rings is 1. The van der Waals surface area contributed by atoms with Gasteiger partial charge in [0.15, 0.2) is 0 Å². The van der Waals surface area contributed by atoms with Crippen LogP contribution in [-0.2, 0) is 28.7 Å². The zero-order chi connectivity index (χ0) is 22.6. The second kappa shape index (κ2) is 9.81. The van der Waals surface area contributed by atoms with Crippen molar-refractivity contribution in [3.8, 4) is 10.6 Å². The van der Waals surface area contributed by atoms with Gasteiger partial charge in [-0.3, -0.25) is 9.69 Å². The predicted octanol–water partition coefficient (Wildman–Crippen LogP) is 4.84. The fourth-order valence-electron chi connectivity index (χ4n) is 3.45. The molecule has 0 bridgehead atoms. The molecule has 0 atom stereocenters. The number of hydrogen-bond donors (Lipinski definition) is 1. The van der Waals surface area contributed by atoms with Gasteiger partial charge in [0, 0.05) is 36.3 Å². The average Bonchev–Trinajstić information content (AvgIpc) is 3.23. The third-order valence-corrected chi connectivity index (χ3v) is 6.01. The van der Waals surface area contributed by atoms with Gasteiger partial charge in [0.2, 0.25) is 5.91 Å². The second-order valence-corrected chi connectivity index (χ2v) is 8.39. The fraction of sp³-hybridized carbons (Fsp3) is 0.304. The molecule has 9 heteroatoms. The summed E-state index contributed by atoms with van der Waals surface area (Å²) in [6, 6.07) is 12.6. The molecule has 0 aliphatic carbocycles. The Balaban J connectivity index is 1.36. The van der Waals surface area contributed by atoms with Gasteiger partial charge >= 0.3 is 6.18 Å². The summed E-state index contributed by atoms with van der Waals surface area (Å²) in [5.74, 6) is -0.331. The number of nitrogens with zero attached hydrogens (tertiary/aromatic N) is 2. The van der Waals surface area contributed by atoms with Crippen molar-refractivity contribution < 1.29 is 22.7 Å². The number of ether oxygens (including phenoxy) is 1. The minimum Gasteiger partial charge on any atom is -0.379 e. The molecule has 1 aliphatic rings. The highest BCUT2D eigenvalue weighted by Gasteiger charge is 2.30. The van der Waals surface area contributed by atoms with Gasteiger partial charge in [0.25, 0.3) is 0 Å². The molecule has 5 nitrogen and oxygen atoms in total. The number of aromatic nitrogens is 1. The smallest absolute Gasteiger partial charge is 0.379 e. The van der Waals surface area contributed by atoms with E-state index in [0.29, 0.717) is 11.4 Å². The van der Waals surface area contributed by atoms with E-state index >= 15 is 0 Å². The highest BCUT2D eigenvalue weighted by Crippen LogP contribution is 2.30. The SMILES string of the molecule is O=C(Cc1csc(-c2cccc(CN3CCOCC3)c2)n1)Nc1ccc(C(F)(F)F)cc1. The Morgan fingerprint density at radius 2 is 1.88 bits per heavy atom. The molecule has 3 aromatic rings. The summed E-state index contributed by atoms with van der Waals surface area (Å²) in [4.78, 5) is 19.2. The van der Waals surface area contributed by atoms with Crippen LogP contribution in [0.25, 0.3) is 10.6 Å². The Morgan fingerprint density at radius 1 is 1.12 bits per heavy atom. The number of thiazole rings is 1. The third-order valence-electron chi connectivity index (χ3n) is 5.07. The fourth-order valence-corrected chi connectivity index (χ4v) is 4.27. The van der Waals surface area contributed by atoms with Crippen molar-refractivity contribution in [2.45, 2.75) is 19.1 Å². The molecule has 0 spiro atoms. The molecule has 0 unspecified atom stereocenters. The zero-order valence-electron chi connectivity index (χ0n) is 17.2. The van der Waals surface area contributed by atoms with Crippen LogP contribution in [-0.4, -0.2) is 42.1 Å². The van der Waals surface area contributed by atoms with Gasteiger partial charge in [0.1, 0.15) is 5.01 Å². The van der Waals surface area contributed by atoms with Crippen molar-refractivity contribution in [2.75, 3.05) is 31.6 Å². The molecule has 168 valence electrons. The van der Waals surface area contributed by atoms with E-state index in [-0.39, 0.29) is 12.3 Å². The minimum atomic E-state index is -4.40. The molecule has 1 aromatic heterocycles. The average molecular weight is 462 g/mol. The molecule has 1 fully saturated rings. The number of amides is 1. The molecular formula is C23H22F3N3O2S. The third kappa shape index (κ3) is 5.93. The first-order valence-corrected chi connectivity index (χ1v) is 11.1. The maximum Gasteiger partial charge on any atom is 0.416 e. The van der Waals surface area contributed by atoms with Crippen LogP contribution < -0.4 is 5.32 Å². The van der Waals surface area contributed by atoms with Crippen LogP contribution in [0.5, 0.6) is 0 Å². The highest BCUT2D eigenvalue weighted by molar-refractivity contribution is 7.13. The van der Waals surface area contributed by atoms with Crippen molar-refractivity contribution in [3.05, 3.63) is 70.7 Å². The standard InChI is InChI=1S/C23H22F3N3O2S/c24-23(25,26)18-4-6-19(7-5-18)27-21(30)13-20-15-32-22(28-20)17-3-1-2-16(12-17)14-29-8-10-31-11-9-29/h1-7,12,15H,8-11,13-14H2,(H,27,30). The topological polar surface area (TPSA) is 54.5 Å². The largest absolute Gasteiger partial charge is 0.416 e. The number of rotatable bonds is 6. The number of halogens is 3. The lowest BCUT2D eigenvalue weighted by molar-refractivity contribution is -0.137. The molecule has 1 saturated heterocycles. The first-order valence-electron chi connectivity index (χ1n) is 10.2. The lowest BCUT2D eigenvalue weighted by atomic mass is 10.1. The van der Waals surface area contributed by atoms with Crippen LogP contribution in [0.1, 0.15) is 16.8 Å². The van der Waals surface area contributed by atoms with Gasteiger partial charge < -0.3 is 10.1 Å². The number of carbonyl (C=O) groups excluding carboxylic acids is 1. The first kappa shape index (κ1) is 22.4. The van der Waals surface area contributed by atoms with Gasteiger partial charge in [-0.15, -0.1) is 11.3 Å². The molecule has 1 amide bonds. The summed E-state index contributed by atoms with van der Waals surface area (Å²) in [6.45, 7) is 4.19. The number of anilines is 1. The zero-order valence-corrected chi connectivity index (χ0v) is 18.0. The van der Waals surface area contributed by atoms with Crippen molar-refractivity contribution in [2.24, 2.45) is 0 Å². The molecule has 4 rings (SSSR count). The summed E-state index contributed by atoms with van der Waals surface area (Å²) in [7, 11) is 0. The molecule has 1 aliphatic heterocycles. The molecule has 0 saturated carbocycles. The van der Waals surface area contributed by atoms with Gasteiger partial charge in [-0.2, -0.15) is 13.2 Å². The van der Waals surface area contributed by atoms with Crippen LogP contribution in [0.4, 0.5) is 18.9 Å².